The zero-order valence-electron chi connectivity index (χ0n) is 17.1. The van der Waals surface area contributed by atoms with Gasteiger partial charge in [-0.2, -0.15) is 13.1 Å². The molecule has 0 saturated carbocycles. The summed E-state index contributed by atoms with van der Waals surface area (Å²) in [6, 6.07) is 14.1. The first kappa shape index (κ1) is 21.9. The van der Waals surface area contributed by atoms with Gasteiger partial charge in [-0.3, -0.25) is 4.18 Å². The van der Waals surface area contributed by atoms with Crippen molar-refractivity contribution in [3.8, 4) is 5.69 Å². The summed E-state index contributed by atoms with van der Waals surface area (Å²) < 4.78 is 37.5. The van der Waals surface area contributed by atoms with Gasteiger partial charge in [0.2, 0.25) is 5.89 Å². The zero-order valence-corrected chi connectivity index (χ0v) is 17.9. The standard InChI is InChI=1S/C21H25N3O5S/c1-14(2)13-18(22)19(29-30(26,27)17-11-9-15(3)10-12-17)20-23-24(21(25)28-20)16-7-5-4-6-8-16/h4-12,14,18-19H,13,22H2,1-3H3/t18-,19?/m0/s1. The molecular formula is C21H25N3O5S. The molecule has 0 aliphatic rings. The van der Waals surface area contributed by atoms with E-state index < -0.39 is 28.0 Å². The van der Waals surface area contributed by atoms with Gasteiger partial charge in [0.05, 0.1) is 10.6 Å². The summed E-state index contributed by atoms with van der Waals surface area (Å²) in [6.07, 6.45) is -0.813. The van der Waals surface area contributed by atoms with Crippen molar-refractivity contribution >= 4 is 10.1 Å². The van der Waals surface area contributed by atoms with Crippen LogP contribution in [0.2, 0.25) is 0 Å². The molecule has 3 aromatic rings. The molecule has 2 N–H and O–H groups in total. The monoisotopic (exact) mass is 431 g/mol. The Hall–Kier alpha value is -2.75. The summed E-state index contributed by atoms with van der Waals surface area (Å²) in [4.78, 5) is 12.3. The minimum absolute atomic E-state index is 0.0142. The van der Waals surface area contributed by atoms with Crippen LogP contribution in [0, 0.1) is 12.8 Å². The summed E-state index contributed by atoms with van der Waals surface area (Å²) >= 11 is 0. The van der Waals surface area contributed by atoms with Crippen LogP contribution < -0.4 is 11.5 Å². The Bertz CT molecular complexity index is 1140. The average molecular weight is 432 g/mol. The van der Waals surface area contributed by atoms with Gasteiger partial charge in [-0.1, -0.05) is 49.7 Å². The molecule has 0 spiro atoms. The molecule has 0 amide bonds. The first-order chi connectivity index (χ1) is 14.2. The van der Waals surface area contributed by atoms with Gasteiger partial charge in [-0.15, -0.1) is 5.10 Å². The molecule has 1 heterocycles. The number of hydrogen-bond acceptors (Lipinski definition) is 7. The fourth-order valence-corrected chi connectivity index (χ4v) is 4.08. The van der Waals surface area contributed by atoms with E-state index in [0.717, 1.165) is 10.2 Å². The summed E-state index contributed by atoms with van der Waals surface area (Å²) in [5, 5.41) is 4.17. The predicted octanol–water partition coefficient (Wildman–Crippen LogP) is 2.95. The molecule has 2 atom stereocenters. The molecule has 1 unspecified atom stereocenters. The molecule has 8 nitrogen and oxygen atoms in total. The van der Waals surface area contributed by atoms with Gasteiger partial charge >= 0.3 is 5.76 Å². The molecule has 2 aromatic carbocycles. The maximum atomic E-state index is 12.8. The Morgan fingerprint density at radius 3 is 2.33 bits per heavy atom. The number of para-hydroxylation sites is 1. The first-order valence-corrected chi connectivity index (χ1v) is 11.0. The Balaban J connectivity index is 1.99. The molecule has 30 heavy (non-hydrogen) atoms. The second-order valence-electron chi connectivity index (χ2n) is 7.53. The van der Waals surface area contributed by atoms with Gasteiger partial charge in [0.15, 0.2) is 6.10 Å². The number of rotatable bonds is 8. The van der Waals surface area contributed by atoms with Crippen LogP contribution in [0.25, 0.3) is 5.69 Å². The molecular weight excluding hydrogens is 406 g/mol. The molecule has 0 fully saturated rings. The van der Waals surface area contributed by atoms with Gasteiger partial charge in [-0.25, -0.2) is 4.79 Å². The first-order valence-electron chi connectivity index (χ1n) is 9.58. The van der Waals surface area contributed by atoms with Crippen LogP contribution in [0.5, 0.6) is 0 Å². The number of nitrogens with zero attached hydrogens (tertiary/aromatic N) is 2. The summed E-state index contributed by atoms with van der Waals surface area (Å²) in [5.74, 6) is -0.780. The quantitative estimate of drug-likeness (QED) is 0.545. The second kappa shape index (κ2) is 8.95. The van der Waals surface area contributed by atoms with Crippen LogP contribution in [-0.4, -0.2) is 24.2 Å². The molecule has 1 aromatic heterocycles. The highest BCUT2D eigenvalue weighted by Crippen LogP contribution is 2.27. The lowest BCUT2D eigenvalue weighted by Crippen LogP contribution is -2.33. The molecule has 9 heteroatoms. The fraction of sp³-hybridized carbons (Fsp3) is 0.333. The van der Waals surface area contributed by atoms with E-state index >= 15 is 0 Å². The van der Waals surface area contributed by atoms with Gasteiger partial charge in [0, 0.05) is 6.04 Å². The van der Waals surface area contributed by atoms with Gasteiger partial charge in [0.1, 0.15) is 0 Å². The van der Waals surface area contributed by atoms with Crippen molar-refractivity contribution in [2.45, 2.75) is 44.2 Å². The number of nitrogens with two attached hydrogens (primary N) is 1. The van der Waals surface area contributed by atoms with Crippen molar-refractivity contribution in [1.29, 1.82) is 0 Å². The number of aryl methyl sites for hydroxylation is 1. The molecule has 0 radical (unpaired) electrons. The summed E-state index contributed by atoms with van der Waals surface area (Å²) in [7, 11) is -4.16. The van der Waals surface area contributed by atoms with E-state index in [-0.39, 0.29) is 16.7 Å². The van der Waals surface area contributed by atoms with Crippen molar-refractivity contribution in [3.63, 3.8) is 0 Å². The Kier molecular flexibility index (Phi) is 6.55. The van der Waals surface area contributed by atoms with E-state index in [2.05, 4.69) is 5.10 Å². The molecule has 160 valence electrons. The second-order valence-corrected chi connectivity index (χ2v) is 9.10. The normalized spacial score (nSPS) is 14.0. The Labute approximate surface area is 175 Å². The highest BCUT2D eigenvalue weighted by atomic mass is 32.2. The van der Waals surface area contributed by atoms with Gasteiger partial charge in [0.25, 0.3) is 10.1 Å². The van der Waals surface area contributed by atoms with Gasteiger partial charge in [-0.05, 0) is 43.5 Å². The van der Waals surface area contributed by atoms with Crippen LogP contribution in [0.4, 0.5) is 0 Å². The maximum absolute atomic E-state index is 12.8. The minimum atomic E-state index is -4.16. The van der Waals surface area contributed by atoms with E-state index in [1.807, 2.05) is 20.8 Å². The van der Waals surface area contributed by atoms with Crippen molar-refractivity contribution in [2.24, 2.45) is 11.7 Å². The lowest BCUT2D eigenvalue weighted by molar-refractivity contribution is 0.136. The lowest BCUT2D eigenvalue weighted by Gasteiger charge is -2.22. The SMILES string of the molecule is Cc1ccc(S(=O)(=O)OC(c2nn(-c3ccccc3)c(=O)o2)[C@@H](N)CC(C)C)cc1. The van der Waals surface area contributed by atoms with E-state index in [1.54, 1.807) is 42.5 Å². The minimum Gasteiger partial charge on any atom is -0.389 e. The third-order valence-electron chi connectivity index (χ3n) is 4.48. The highest BCUT2D eigenvalue weighted by molar-refractivity contribution is 7.86. The average Bonchev–Trinajstić information content (AvgIpc) is 3.08. The van der Waals surface area contributed by atoms with Crippen LogP contribution in [0.3, 0.4) is 0 Å². The van der Waals surface area contributed by atoms with Crippen LogP contribution in [-0.2, 0) is 14.3 Å². The maximum Gasteiger partial charge on any atom is 0.442 e. The van der Waals surface area contributed by atoms with Crippen LogP contribution in [0.15, 0.2) is 68.7 Å². The van der Waals surface area contributed by atoms with Crippen molar-refractivity contribution < 1.29 is 17.0 Å². The fourth-order valence-electron chi connectivity index (χ4n) is 3.00. The molecule has 0 aliphatic carbocycles. The van der Waals surface area contributed by atoms with E-state index in [4.69, 9.17) is 14.3 Å². The van der Waals surface area contributed by atoms with Crippen molar-refractivity contribution in [2.75, 3.05) is 0 Å². The van der Waals surface area contributed by atoms with E-state index in [9.17, 15) is 13.2 Å². The van der Waals surface area contributed by atoms with Crippen LogP contribution >= 0.6 is 0 Å². The third-order valence-corrected chi connectivity index (χ3v) is 5.79. The number of benzene rings is 2. The Morgan fingerprint density at radius 1 is 1.10 bits per heavy atom. The predicted molar refractivity (Wildman–Crippen MR) is 112 cm³/mol. The van der Waals surface area contributed by atoms with Crippen molar-refractivity contribution in [3.05, 3.63) is 76.6 Å². The van der Waals surface area contributed by atoms with Crippen molar-refractivity contribution in [1.82, 2.24) is 9.78 Å². The van der Waals surface area contributed by atoms with Crippen LogP contribution in [0.1, 0.15) is 37.8 Å². The number of hydrogen-bond donors (Lipinski definition) is 1. The topological polar surface area (TPSA) is 117 Å². The zero-order chi connectivity index (χ0) is 21.9. The molecule has 0 saturated heterocycles. The highest BCUT2D eigenvalue weighted by Gasteiger charge is 2.33. The number of aromatic nitrogens is 2. The van der Waals surface area contributed by atoms with E-state index in [1.165, 1.54) is 12.1 Å². The molecule has 0 bridgehead atoms. The lowest BCUT2D eigenvalue weighted by atomic mass is 10.0. The largest absolute Gasteiger partial charge is 0.442 e. The van der Waals surface area contributed by atoms with Gasteiger partial charge < -0.3 is 10.2 Å². The Morgan fingerprint density at radius 2 is 1.73 bits per heavy atom. The summed E-state index contributed by atoms with van der Waals surface area (Å²) in [6.45, 7) is 5.75. The molecule has 0 aliphatic heterocycles. The summed E-state index contributed by atoms with van der Waals surface area (Å²) in [5.41, 5.74) is 7.65. The third kappa shape index (κ3) is 5.05. The van der Waals surface area contributed by atoms with E-state index in [0.29, 0.717) is 12.1 Å². The molecule has 3 rings (SSSR count). The smallest absolute Gasteiger partial charge is 0.389 e.